The number of benzene rings is 1. The van der Waals surface area contributed by atoms with E-state index in [-0.39, 0.29) is 11.4 Å². The van der Waals surface area contributed by atoms with Gasteiger partial charge in [-0.2, -0.15) is 10.2 Å². The van der Waals surface area contributed by atoms with Crippen LogP contribution >= 0.6 is 11.3 Å². The van der Waals surface area contributed by atoms with E-state index in [1.807, 2.05) is 17.5 Å². The number of nitrogens with one attached hydrogen (secondary N) is 2. The molecule has 3 aromatic rings. The molecule has 0 saturated heterocycles. The average Bonchev–Trinajstić information content (AvgIpc) is 3.20. The van der Waals surface area contributed by atoms with Crippen molar-refractivity contribution in [1.29, 1.82) is 0 Å². The Morgan fingerprint density at radius 1 is 1.32 bits per heavy atom. The van der Waals surface area contributed by atoms with Crippen LogP contribution < -0.4 is 5.43 Å². The van der Waals surface area contributed by atoms with Crippen LogP contribution in [0, 0.1) is 0 Å². The molecule has 22 heavy (non-hydrogen) atoms. The zero-order valence-electron chi connectivity index (χ0n) is 11.4. The molecule has 0 bridgehead atoms. The maximum atomic E-state index is 11.9. The highest BCUT2D eigenvalue weighted by Gasteiger charge is 2.10. The van der Waals surface area contributed by atoms with E-state index in [1.165, 1.54) is 6.21 Å². The summed E-state index contributed by atoms with van der Waals surface area (Å²) in [7, 11) is 0. The Morgan fingerprint density at radius 3 is 2.86 bits per heavy atom. The summed E-state index contributed by atoms with van der Waals surface area (Å²) >= 11 is 1.56. The van der Waals surface area contributed by atoms with Gasteiger partial charge in [0.1, 0.15) is 5.75 Å². The fourth-order valence-corrected chi connectivity index (χ4v) is 2.47. The van der Waals surface area contributed by atoms with Crippen molar-refractivity contribution in [1.82, 2.24) is 15.6 Å². The molecule has 0 saturated carbocycles. The van der Waals surface area contributed by atoms with Gasteiger partial charge < -0.3 is 5.11 Å². The molecular weight excluding hydrogens is 300 g/mol. The van der Waals surface area contributed by atoms with Crippen LogP contribution in [-0.4, -0.2) is 27.4 Å². The minimum atomic E-state index is -0.394. The van der Waals surface area contributed by atoms with Crippen LogP contribution in [0.25, 0.3) is 10.6 Å². The van der Waals surface area contributed by atoms with E-state index in [1.54, 1.807) is 41.7 Å². The Balaban J connectivity index is 1.63. The third-order valence-corrected chi connectivity index (χ3v) is 3.77. The monoisotopic (exact) mass is 312 g/mol. The molecule has 2 heterocycles. The molecule has 0 radical (unpaired) electrons. The highest BCUT2D eigenvalue weighted by Crippen LogP contribution is 2.22. The van der Waals surface area contributed by atoms with E-state index in [0.717, 1.165) is 16.1 Å². The smallest absolute Gasteiger partial charge is 0.291 e. The predicted octanol–water partition coefficient (Wildman–Crippen LogP) is 2.61. The minimum Gasteiger partial charge on any atom is -0.508 e. The number of nitrogens with zero attached hydrogens (tertiary/aromatic N) is 2. The molecule has 110 valence electrons. The van der Waals surface area contributed by atoms with Crippen molar-refractivity contribution in [2.24, 2.45) is 5.10 Å². The number of phenols is 1. The summed E-state index contributed by atoms with van der Waals surface area (Å²) in [5.41, 5.74) is 4.24. The van der Waals surface area contributed by atoms with Crippen LogP contribution in [0.5, 0.6) is 5.75 Å². The molecule has 0 unspecified atom stereocenters. The first-order valence-electron chi connectivity index (χ1n) is 6.44. The van der Waals surface area contributed by atoms with Gasteiger partial charge in [-0.25, -0.2) is 5.43 Å². The number of aromatic hydroxyl groups is 1. The summed E-state index contributed by atoms with van der Waals surface area (Å²) in [5, 5.41) is 21.8. The largest absolute Gasteiger partial charge is 0.508 e. The van der Waals surface area contributed by atoms with Gasteiger partial charge in [0, 0.05) is 0 Å². The zero-order valence-corrected chi connectivity index (χ0v) is 12.2. The number of carbonyl (C=O) groups excluding carboxylic acids is 1. The Bertz CT molecular complexity index is 791. The number of aromatic nitrogens is 2. The van der Waals surface area contributed by atoms with Gasteiger partial charge in [-0.15, -0.1) is 11.3 Å². The van der Waals surface area contributed by atoms with Gasteiger partial charge in [-0.1, -0.05) is 6.07 Å². The van der Waals surface area contributed by atoms with E-state index >= 15 is 0 Å². The van der Waals surface area contributed by atoms with Crippen LogP contribution in [0.1, 0.15) is 16.1 Å². The van der Waals surface area contributed by atoms with Crippen LogP contribution in [0.3, 0.4) is 0 Å². The normalized spacial score (nSPS) is 10.9. The second kappa shape index (κ2) is 6.23. The summed E-state index contributed by atoms with van der Waals surface area (Å²) in [6, 6.07) is 12.0. The molecular formula is C15H12N4O2S. The number of carbonyl (C=O) groups is 1. The minimum absolute atomic E-state index is 0.179. The molecule has 7 heteroatoms. The van der Waals surface area contributed by atoms with Crippen molar-refractivity contribution < 1.29 is 9.90 Å². The topological polar surface area (TPSA) is 90.4 Å². The van der Waals surface area contributed by atoms with Gasteiger partial charge in [0.05, 0.1) is 16.8 Å². The lowest BCUT2D eigenvalue weighted by atomic mass is 10.2. The molecule has 3 rings (SSSR count). The third-order valence-electron chi connectivity index (χ3n) is 2.87. The average molecular weight is 312 g/mol. The van der Waals surface area contributed by atoms with Crippen molar-refractivity contribution in [2.75, 3.05) is 0 Å². The van der Waals surface area contributed by atoms with E-state index < -0.39 is 5.91 Å². The quantitative estimate of drug-likeness (QED) is 0.511. The molecule has 0 fully saturated rings. The molecule has 0 aliphatic heterocycles. The number of thiophene rings is 1. The standard InChI is InChI=1S/C15H12N4O2S/c20-11-5-3-10(4-6-11)9-16-19-15(21)13-8-12(17-18-13)14-2-1-7-22-14/h1-9,20H,(H,17,18)(H,19,21)/b16-9-. The highest BCUT2D eigenvalue weighted by molar-refractivity contribution is 7.13. The number of rotatable bonds is 4. The van der Waals surface area contributed by atoms with E-state index in [9.17, 15) is 9.90 Å². The molecule has 6 nitrogen and oxygen atoms in total. The van der Waals surface area contributed by atoms with E-state index in [4.69, 9.17) is 0 Å². The molecule has 1 aromatic carbocycles. The Morgan fingerprint density at radius 2 is 2.14 bits per heavy atom. The van der Waals surface area contributed by atoms with Gasteiger partial charge >= 0.3 is 0 Å². The molecule has 1 amide bonds. The summed E-state index contributed by atoms with van der Waals surface area (Å²) < 4.78 is 0. The first kappa shape index (κ1) is 14.0. The van der Waals surface area contributed by atoms with E-state index in [0.29, 0.717) is 0 Å². The Kier molecular flexibility index (Phi) is 3.97. The van der Waals surface area contributed by atoms with Crippen LogP contribution in [0.4, 0.5) is 0 Å². The first-order valence-corrected chi connectivity index (χ1v) is 7.32. The van der Waals surface area contributed by atoms with Crippen LogP contribution in [-0.2, 0) is 0 Å². The molecule has 2 aromatic heterocycles. The summed E-state index contributed by atoms with van der Waals surface area (Å²) in [6.45, 7) is 0. The SMILES string of the molecule is O=C(N/N=C\c1ccc(O)cc1)c1cc(-c2cccs2)[nH]n1. The van der Waals surface area contributed by atoms with Crippen molar-refractivity contribution in [3.63, 3.8) is 0 Å². The maximum absolute atomic E-state index is 11.9. The number of hydrogen-bond acceptors (Lipinski definition) is 5. The van der Waals surface area contributed by atoms with Gasteiger partial charge in [0.15, 0.2) is 5.69 Å². The van der Waals surface area contributed by atoms with Gasteiger partial charge in [0.2, 0.25) is 0 Å². The number of hydrogen-bond donors (Lipinski definition) is 3. The molecule has 0 aliphatic rings. The van der Waals surface area contributed by atoms with Crippen LogP contribution in [0.15, 0.2) is 52.9 Å². The summed E-state index contributed by atoms with van der Waals surface area (Å²) in [4.78, 5) is 12.9. The van der Waals surface area contributed by atoms with E-state index in [2.05, 4.69) is 20.7 Å². The fraction of sp³-hybridized carbons (Fsp3) is 0. The number of hydrazone groups is 1. The Hall–Kier alpha value is -2.93. The Labute approximate surface area is 130 Å². The molecule has 0 spiro atoms. The zero-order chi connectivity index (χ0) is 15.4. The van der Waals surface area contributed by atoms with Crippen LogP contribution in [0.2, 0.25) is 0 Å². The van der Waals surface area contributed by atoms with Crippen molar-refractivity contribution in [3.05, 3.63) is 59.1 Å². The molecule has 0 atom stereocenters. The summed E-state index contributed by atoms with van der Waals surface area (Å²) in [5.74, 6) is -0.215. The predicted molar refractivity (Wildman–Crippen MR) is 85.1 cm³/mol. The fourth-order valence-electron chi connectivity index (χ4n) is 1.78. The number of aromatic amines is 1. The van der Waals surface area contributed by atoms with Gasteiger partial charge in [-0.05, 0) is 47.3 Å². The van der Waals surface area contributed by atoms with Gasteiger partial charge in [0.25, 0.3) is 5.91 Å². The summed E-state index contributed by atoms with van der Waals surface area (Å²) in [6.07, 6.45) is 1.49. The van der Waals surface area contributed by atoms with Crippen molar-refractivity contribution in [2.45, 2.75) is 0 Å². The number of phenolic OH excluding ortho intramolecular Hbond substituents is 1. The lowest BCUT2D eigenvalue weighted by molar-refractivity contribution is 0.0950. The maximum Gasteiger partial charge on any atom is 0.291 e. The second-order valence-electron chi connectivity index (χ2n) is 4.43. The van der Waals surface area contributed by atoms with Crippen molar-refractivity contribution in [3.8, 4) is 16.3 Å². The highest BCUT2D eigenvalue weighted by atomic mass is 32.1. The molecule has 3 N–H and O–H groups in total. The van der Waals surface area contributed by atoms with Gasteiger partial charge in [-0.3, -0.25) is 9.89 Å². The number of H-pyrrole nitrogens is 1. The third kappa shape index (κ3) is 3.21. The first-order chi connectivity index (χ1) is 10.7. The number of amides is 1. The lowest BCUT2D eigenvalue weighted by Gasteiger charge is -1.95. The molecule has 0 aliphatic carbocycles. The van der Waals surface area contributed by atoms with Crippen molar-refractivity contribution >= 4 is 23.5 Å². The second-order valence-corrected chi connectivity index (χ2v) is 5.38. The lowest BCUT2D eigenvalue weighted by Crippen LogP contribution is -2.17.